The first kappa shape index (κ1) is 15.4. The molecular weight excluding hydrogens is 308 g/mol. The number of carbonyl (C=O) groups is 2. The minimum atomic E-state index is -0.921. The van der Waals surface area contributed by atoms with Crippen LogP contribution < -0.4 is 11.1 Å². The van der Waals surface area contributed by atoms with E-state index in [9.17, 15) is 9.59 Å². The molecule has 0 spiro atoms. The highest BCUT2D eigenvalue weighted by Crippen LogP contribution is 2.27. The van der Waals surface area contributed by atoms with Gasteiger partial charge in [-0.25, -0.2) is 4.79 Å². The van der Waals surface area contributed by atoms with Crippen molar-refractivity contribution in [2.45, 2.75) is 11.4 Å². The molecule has 2 rings (SSSR count). The molecule has 0 bridgehead atoms. The minimum absolute atomic E-state index is 0.223. The summed E-state index contributed by atoms with van der Waals surface area (Å²) in [6.45, 7) is 0.534. The highest BCUT2D eigenvalue weighted by molar-refractivity contribution is 8.00. The number of hydrogen-bond acceptors (Lipinski definition) is 5. The number of nitrogens with one attached hydrogen (secondary N) is 1. The number of hydrogen-bond donors (Lipinski definition) is 3. The standard InChI is InChI=1S/C14H14N2O3S2/c15-13(17)8-21-12-4-2-1-3-11(12)16-6-10-5-9(7-20-10)14(18)19/h1-5,7,16H,6,8H2,(H2,15,17)(H,18,19). The minimum Gasteiger partial charge on any atom is -0.478 e. The quantitative estimate of drug-likeness (QED) is 0.682. The summed E-state index contributed by atoms with van der Waals surface area (Å²) in [6.07, 6.45) is 0. The van der Waals surface area contributed by atoms with Gasteiger partial charge in [-0.15, -0.1) is 23.1 Å². The second-order valence-electron chi connectivity index (χ2n) is 4.21. The second-order valence-corrected chi connectivity index (χ2v) is 6.22. The summed E-state index contributed by atoms with van der Waals surface area (Å²) in [7, 11) is 0. The first-order valence-corrected chi connectivity index (χ1v) is 7.97. The van der Waals surface area contributed by atoms with E-state index < -0.39 is 5.97 Å². The molecule has 1 aromatic carbocycles. The molecule has 0 saturated heterocycles. The van der Waals surface area contributed by atoms with Gasteiger partial charge in [0.1, 0.15) is 0 Å². The largest absolute Gasteiger partial charge is 0.478 e. The molecule has 1 heterocycles. The van der Waals surface area contributed by atoms with Gasteiger partial charge < -0.3 is 16.2 Å². The predicted octanol–water partition coefficient (Wildman–Crippen LogP) is 2.64. The smallest absolute Gasteiger partial charge is 0.336 e. The maximum Gasteiger partial charge on any atom is 0.336 e. The fourth-order valence-electron chi connectivity index (χ4n) is 1.66. The number of carboxylic acid groups (broad SMARTS) is 1. The number of thiophene rings is 1. The van der Waals surface area contributed by atoms with E-state index >= 15 is 0 Å². The van der Waals surface area contributed by atoms with Crippen molar-refractivity contribution in [1.29, 1.82) is 0 Å². The number of carbonyl (C=O) groups excluding carboxylic acids is 1. The van der Waals surface area contributed by atoms with Crippen molar-refractivity contribution in [2.75, 3.05) is 11.1 Å². The molecule has 2 aromatic rings. The van der Waals surface area contributed by atoms with Crippen molar-refractivity contribution in [3.05, 3.63) is 46.2 Å². The summed E-state index contributed by atoms with van der Waals surface area (Å²) in [5.41, 5.74) is 6.35. The molecule has 0 aliphatic rings. The molecule has 7 heteroatoms. The van der Waals surface area contributed by atoms with Crippen LogP contribution in [0, 0.1) is 0 Å². The van der Waals surface area contributed by atoms with Crippen molar-refractivity contribution in [3.63, 3.8) is 0 Å². The molecule has 0 saturated carbocycles. The Bertz CT molecular complexity index is 655. The van der Waals surface area contributed by atoms with Crippen LogP contribution in [-0.2, 0) is 11.3 Å². The molecule has 0 atom stereocenters. The molecule has 1 amide bonds. The third kappa shape index (κ3) is 4.51. The first-order valence-electron chi connectivity index (χ1n) is 6.11. The van der Waals surface area contributed by atoms with Gasteiger partial charge in [0.15, 0.2) is 0 Å². The summed E-state index contributed by atoms with van der Waals surface area (Å²) in [6, 6.07) is 9.26. The first-order chi connectivity index (χ1) is 10.1. The number of benzene rings is 1. The molecule has 0 radical (unpaired) electrons. The number of anilines is 1. The lowest BCUT2D eigenvalue weighted by Crippen LogP contribution is -2.13. The van der Waals surface area contributed by atoms with E-state index in [1.165, 1.54) is 23.1 Å². The van der Waals surface area contributed by atoms with Gasteiger partial charge in [-0.3, -0.25) is 4.79 Å². The third-order valence-corrected chi connectivity index (χ3v) is 4.64. The lowest BCUT2D eigenvalue weighted by atomic mass is 10.3. The molecular formula is C14H14N2O3S2. The van der Waals surface area contributed by atoms with Crippen LogP contribution >= 0.6 is 23.1 Å². The summed E-state index contributed by atoms with van der Waals surface area (Å²) >= 11 is 2.77. The topological polar surface area (TPSA) is 92.4 Å². The third-order valence-electron chi connectivity index (χ3n) is 2.61. The van der Waals surface area contributed by atoms with E-state index in [1.807, 2.05) is 24.3 Å². The number of rotatable bonds is 7. The molecule has 0 aliphatic carbocycles. The van der Waals surface area contributed by atoms with Crippen LogP contribution in [0.3, 0.4) is 0 Å². The van der Waals surface area contributed by atoms with Crippen molar-refractivity contribution in [1.82, 2.24) is 0 Å². The van der Waals surface area contributed by atoms with Gasteiger partial charge in [0, 0.05) is 27.4 Å². The van der Waals surface area contributed by atoms with Crippen molar-refractivity contribution in [2.24, 2.45) is 5.73 Å². The molecule has 1 aromatic heterocycles. The van der Waals surface area contributed by atoms with Crippen LogP contribution in [0.5, 0.6) is 0 Å². The zero-order chi connectivity index (χ0) is 15.2. The summed E-state index contributed by atoms with van der Waals surface area (Å²) in [4.78, 5) is 23.6. The SMILES string of the molecule is NC(=O)CSc1ccccc1NCc1cc(C(=O)O)cs1. The van der Waals surface area contributed by atoms with Crippen molar-refractivity contribution < 1.29 is 14.7 Å². The fourth-order valence-corrected chi connectivity index (χ4v) is 3.22. The molecule has 0 fully saturated rings. The second kappa shape index (κ2) is 7.14. The Balaban J connectivity index is 2.01. The number of amides is 1. The average molecular weight is 322 g/mol. The number of primary amides is 1. The van der Waals surface area contributed by atoms with Gasteiger partial charge in [-0.1, -0.05) is 12.1 Å². The van der Waals surface area contributed by atoms with E-state index in [1.54, 1.807) is 11.4 Å². The van der Waals surface area contributed by atoms with E-state index in [2.05, 4.69) is 5.32 Å². The number of thioether (sulfide) groups is 1. The summed E-state index contributed by atoms with van der Waals surface area (Å²) in [5.74, 6) is -1.06. The molecule has 4 N–H and O–H groups in total. The van der Waals surface area contributed by atoms with Crippen LogP contribution in [0.25, 0.3) is 0 Å². The highest BCUT2D eigenvalue weighted by atomic mass is 32.2. The normalized spacial score (nSPS) is 10.3. The Morgan fingerprint density at radius 3 is 2.76 bits per heavy atom. The van der Waals surface area contributed by atoms with Crippen LogP contribution in [0.15, 0.2) is 40.6 Å². The van der Waals surface area contributed by atoms with Gasteiger partial charge >= 0.3 is 5.97 Å². The van der Waals surface area contributed by atoms with Crippen molar-refractivity contribution in [3.8, 4) is 0 Å². The molecule has 0 unspecified atom stereocenters. The zero-order valence-electron chi connectivity index (χ0n) is 11.0. The summed E-state index contributed by atoms with van der Waals surface area (Å²) < 4.78 is 0. The van der Waals surface area contributed by atoms with E-state index in [0.717, 1.165) is 15.5 Å². The number of para-hydroxylation sites is 1. The fraction of sp³-hybridized carbons (Fsp3) is 0.143. The Hall–Kier alpha value is -1.99. The van der Waals surface area contributed by atoms with Gasteiger partial charge in [0.05, 0.1) is 11.3 Å². The van der Waals surface area contributed by atoms with Crippen LogP contribution in [0.2, 0.25) is 0 Å². The molecule has 5 nitrogen and oxygen atoms in total. The van der Waals surface area contributed by atoms with Crippen LogP contribution in [0.1, 0.15) is 15.2 Å². The lowest BCUT2D eigenvalue weighted by molar-refractivity contribution is -0.115. The Labute approximate surface area is 130 Å². The van der Waals surface area contributed by atoms with Gasteiger partial charge in [0.25, 0.3) is 0 Å². The Morgan fingerprint density at radius 2 is 2.10 bits per heavy atom. The molecule has 110 valence electrons. The van der Waals surface area contributed by atoms with E-state index in [-0.39, 0.29) is 11.7 Å². The van der Waals surface area contributed by atoms with Crippen molar-refractivity contribution >= 4 is 40.7 Å². The van der Waals surface area contributed by atoms with Gasteiger partial charge in [-0.05, 0) is 18.2 Å². The van der Waals surface area contributed by atoms with E-state index in [4.69, 9.17) is 10.8 Å². The lowest BCUT2D eigenvalue weighted by Gasteiger charge is -2.10. The summed E-state index contributed by atoms with van der Waals surface area (Å²) in [5, 5.41) is 13.8. The van der Waals surface area contributed by atoms with Gasteiger partial charge in [-0.2, -0.15) is 0 Å². The number of aromatic carboxylic acids is 1. The highest BCUT2D eigenvalue weighted by Gasteiger charge is 2.08. The van der Waals surface area contributed by atoms with Crippen LogP contribution in [0.4, 0.5) is 5.69 Å². The van der Waals surface area contributed by atoms with Gasteiger partial charge in [0.2, 0.25) is 5.91 Å². The van der Waals surface area contributed by atoms with Crippen LogP contribution in [-0.4, -0.2) is 22.7 Å². The number of nitrogens with two attached hydrogens (primary N) is 1. The Morgan fingerprint density at radius 1 is 1.33 bits per heavy atom. The maximum absolute atomic E-state index is 10.9. The Kier molecular flexibility index (Phi) is 5.24. The predicted molar refractivity (Wildman–Crippen MR) is 85.0 cm³/mol. The molecule has 21 heavy (non-hydrogen) atoms. The average Bonchev–Trinajstić information content (AvgIpc) is 2.93. The maximum atomic E-state index is 10.9. The monoisotopic (exact) mass is 322 g/mol. The molecule has 0 aliphatic heterocycles. The van der Waals surface area contributed by atoms with E-state index in [0.29, 0.717) is 12.1 Å². The number of carboxylic acids is 1. The zero-order valence-corrected chi connectivity index (χ0v) is 12.7.